The molecule has 0 saturated carbocycles. The highest BCUT2D eigenvalue weighted by Gasteiger charge is 2.11. The molecule has 0 aliphatic rings. The number of hydrogen-bond acceptors (Lipinski definition) is 2. The van der Waals surface area contributed by atoms with Gasteiger partial charge in [-0.25, -0.2) is 0 Å². The van der Waals surface area contributed by atoms with Gasteiger partial charge >= 0.3 is 0 Å². The first-order valence-electron chi connectivity index (χ1n) is 6.22. The Kier molecular flexibility index (Phi) is 4.83. The monoisotopic (exact) mass is 290 g/mol. The molecule has 0 unspecified atom stereocenters. The Labute approximate surface area is 123 Å². The standard InChI is InChI=1S/C16H20NS2/c1-12-8-9-16(14(17)10-12)18-15-7-5-4-6-13(15)11-19(2)3/h4-10H,11,17H2,1-3H3/q+1. The lowest BCUT2D eigenvalue weighted by atomic mass is 10.2. The van der Waals surface area contributed by atoms with E-state index in [0.29, 0.717) is 10.9 Å². The van der Waals surface area contributed by atoms with E-state index in [2.05, 4.69) is 55.8 Å². The van der Waals surface area contributed by atoms with Crippen molar-refractivity contribution >= 4 is 28.3 Å². The lowest BCUT2D eigenvalue weighted by Gasteiger charge is -2.10. The molecule has 0 amide bonds. The van der Waals surface area contributed by atoms with E-state index < -0.39 is 0 Å². The average Bonchev–Trinajstić information content (AvgIpc) is 2.34. The van der Waals surface area contributed by atoms with Crippen molar-refractivity contribution in [1.82, 2.24) is 0 Å². The zero-order chi connectivity index (χ0) is 13.8. The van der Waals surface area contributed by atoms with E-state index in [1.165, 1.54) is 16.0 Å². The molecular weight excluding hydrogens is 270 g/mol. The van der Waals surface area contributed by atoms with Crippen molar-refractivity contribution in [2.75, 3.05) is 18.2 Å². The molecule has 100 valence electrons. The average molecular weight is 290 g/mol. The summed E-state index contributed by atoms with van der Waals surface area (Å²) in [4.78, 5) is 2.46. The van der Waals surface area contributed by atoms with Crippen molar-refractivity contribution in [3.05, 3.63) is 53.6 Å². The lowest BCUT2D eigenvalue weighted by molar-refractivity contribution is 1.25. The summed E-state index contributed by atoms with van der Waals surface area (Å²) >= 11 is 1.77. The van der Waals surface area contributed by atoms with Crippen LogP contribution in [0.15, 0.2) is 52.3 Å². The van der Waals surface area contributed by atoms with Gasteiger partial charge in [0.25, 0.3) is 0 Å². The van der Waals surface area contributed by atoms with Crippen molar-refractivity contribution in [3.8, 4) is 0 Å². The van der Waals surface area contributed by atoms with Gasteiger partial charge in [0.05, 0.1) is 12.5 Å². The number of nitrogens with two attached hydrogens (primary N) is 1. The molecule has 0 aliphatic carbocycles. The summed E-state index contributed by atoms with van der Waals surface area (Å²) in [5.41, 5.74) is 9.59. The summed E-state index contributed by atoms with van der Waals surface area (Å²) < 4.78 is 0. The van der Waals surface area contributed by atoms with Crippen LogP contribution in [0.1, 0.15) is 11.1 Å². The van der Waals surface area contributed by atoms with E-state index >= 15 is 0 Å². The summed E-state index contributed by atoms with van der Waals surface area (Å²) in [6.07, 6.45) is 4.56. The first-order valence-corrected chi connectivity index (χ1v) is 9.25. The molecule has 1 nitrogen and oxygen atoms in total. The highest BCUT2D eigenvalue weighted by Crippen LogP contribution is 2.35. The zero-order valence-corrected chi connectivity index (χ0v) is 13.3. The smallest absolute Gasteiger partial charge is 0.133 e. The molecule has 0 fully saturated rings. The third-order valence-electron chi connectivity index (χ3n) is 2.80. The van der Waals surface area contributed by atoms with Gasteiger partial charge in [-0.15, -0.1) is 0 Å². The van der Waals surface area contributed by atoms with Crippen molar-refractivity contribution in [1.29, 1.82) is 0 Å². The minimum Gasteiger partial charge on any atom is -0.398 e. The van der Waals surface area contributed by atoms with Crippen LogP contribution in [-0.4, -0.2) is 12.5 Å². The Bertz CT molecular complexity index is 564. The molecule has 0 heterocycles. The van der Waals surface area contributed by atoms with Crippen molar-refractivity contribution in [3.63, 3.8) is 0 Å². The normalized spacial score (nSPS) is 10.9. The molecule has 2 N–H and O–H groups in total. The number of rotatable bonds is 4. The SMILES string of the molecule is Cc1ccc(Sc2ccccc2C[S+](C)C)c(N)c1. The van der Waals surface area contributed by atoms with Gasteiger partial charge < -0.3 is 5.73 Å². The highest BCUT2D eigenvalue weighted by atomic mass is 32.2. The second-order valence-corrected chi connectivity index (χ2v) is 8.22. The van der Waals surface area contributed by atoms with E-state index in [1.54, 1.807) is 11.8 Å². The van der Waals surface area contributed by atoms with Crippen LogP contribution in [0.5, 0.6) is 0 Å². The van der Waals surface area contributed by atoms with Crippen LogP contribution in [0.3, 0.4) is 0 Å². The molecule has 0 radical (unpaired) electrons. The van der Waals surface area contributed by atoms with Gasteiger partial charge in [-0.05, 0) is 41.6 Å². The van der Waals surface area contributed by atoms with Gasteiger partial charge in [0.15, 0.2) is 0 Å². The molecule has 0 aliphatic heterocycles. The predicted molar refractivity (Wildman–Crippen MR) is 89.1 cm³/mol. The highest BCUT2D eigenvalue weighted by molar-refractivity contribution is 7.99. The Hall–Kier alpha value is -1.06. The molecule has 19 heavy (non-hydrogen) atoms. The van der Waals surface area contributed by atoms with Gasteiger partial charge in [-0.1, -0.05) is 36.0 Å². The molecule has 2 aromatic carbocycles. The van der Waals surface area contributed by atoms with Crippen LogP contribution in [0, 0.1) is 6.92 Å². The maximum atomic E-state index is 6.10. The largest absolute Gasteiger partial charge is 0.398 e. The summed E-state index contributed by atoms with van der Waals surface area (Å²) in [7, 11) is 0.412. The van der Waals surface area contributed by atoms with Gasteiger partial charge in [-0.3, -0.25) is 0 Å². The fourth-order valence-electron chi connectivity index (χ4n) is 1.91. The molecule has 2 rings (SSSR count). The van der Waals surface area contributed by atoms with Crippen LogP contribution >= 0.6 is 11.8 Å². The molecule has 3 heteroatoms. The molecule has 0 bridgehead atoms. The number of nitrogen functional groups attached to an aromatic ring is 1. The van der Waals surface area contributed by atoms with Crippen LogP contribution in [0.4, 0.5) is 5.69 Å². The third kappa shape index (κ3) is 3.95. The quantitative estimate of drug-likeness (QED) is 0.677. The number of aryl methyl sites for hydroxylation is 1. The second kappa shape index (κ2) is 6.40. The Balaban J connectivity index is 2.27. The molecule has 2 aromatic rings. The Morgan fingerprint density at radius 2 is 1.79 bits per heavy atom. The predicted octanol–water partition coefficient (Wildman–Crippen LogP) is 4.11. The van der Waals surface area contributed by atoms with Gasteiger partial charge in [-0.2, -0.15) is 0 Å². The van der Waals surface area contributed by atoms with E-state index in [-0.39, 0.29) is 0 Å². The molecule has 0 saturated heterocycles. The van der Waals surface area contributed by atoms with E-state index in [1.807, 2.05) is 6.07 Å². The van der Waals surface area contributed by atoms with Crippen LogP contribution in [0.25, 0.3) is 0 Å². The van der Waals surface area contributed by atoms with E-state index in [0.717, 1.165) is 16.3 Å². The van der Waals surface area contributed by atoms with Gasteiger partial charge in [0, 0.05) is 21.0 Å². The molecular formula is C16H20NS2+. The summed E-state index contributed by atoms with van der Waals surface area (Å²) in [5.74, 6) is 1.13. The minimum absolute atomic E-state index is 0.412. The maximum absolute atomic E-state index is 6.10. The maximum Gasteiger partial charge on any atom is 0.133 e. The number of anilines is 1. The lowest BCUT2D eigenvalue weighted by Crippen LogP contribution is -2.00. The van der Waals surface area contributed by atoms with Gasteiger partial charge in [0.1, 0.15) is 5.75 Å². The molecule has 0 spiro atoms. The zero-order valence-electron chi connectivity index (χ0n) is 11.6. The van der Waals surface area contributed by atoms with Crippen molar-refractivity contribution in [2.24, 2.45) is 0 Å². The summed E-state index contributed by atoms with van der Waals surface area (Å²) in [6, 6.07) is 14.9. The Morgan fingerprint density at radius 1 is 1.05 bits per heavy atom. The van der Waals surface area contributed by atoms with E-state index in [9.17, 15) is 0 Å². The van der Waals surface area contributed by atoms with Crippen molar-refractivity contribution in [2.45, 2.75) is 22.5 Å². The van der Waals surface area contributed by atoms with E-state index in [4.69, 9.17) is 5.73 Å². The first-order chi connectivity index (χ1) is 9.06. The van der Waals surface area contributed by atoms with Crippen LogP contribution < -0.4 is 5.73 Å². The van der Waals surface area contributed by atoms with Crippen molar-refractivity contribution < 1.29 is 0 Å². The van der Waals surface area contributed by atoms with Crippen LogP contribution in [0.2, 0.25) is 0 Å². The van der Waals surface area contributed by atoms with Gasteiger partial charge in [0.2, 0.25) is 0 Å². The fourth-order valence-corrected chi connectivity index (χ4v) is 3.85. The molecule has 0 atom stereocenters. The topological polar surface area (TPSA) is 26.0 Å². The first kappa shape index (κ1) is 14.4. The Morgan fingerprint density at radius 3 is 2.47 bits per heavy atom. The fraction of sp³-hybridized carbons (Fsp3) is 0.250. The second-order valence-electron chi connectivity index (χ2n) is 4.88. The number of hydrogen-bond donors (Lipinski definition) is 1. The number of benzene rings is 2. The third-order valence-corrected chi connectivity index (χ3v) is 4.90. The molecule has 0 aromatic heterocycles. The van der Waals surface area contributed by atoms with Crippen LogP contribution in [-0.2, 0) is 16.6 Å². The summed E-state index contributed by atoms with van der Waals surface area (Å²) in [6.45, 7) is 2.07. The minimum atomic E-state index is 0.412. The summed E-state index contributed by atoms with van der Waals surface area (Å²) in [5, 5.41) is 0.